The highest BCUT2D eigenvalue weighted by Gasteiger charge is 2.38. The quantitative estimate of drug-likeness (QED) is 0.855. The lowest BCUT2D eigenvalue weighted by Crippen LogP contribution is -2.51. The summed E-state index contributed by atoms with van der Waals surface area (Å²) >= 11 is 0. The van der Waals surface area contributed by atoms with Gasteiger partial charge >= 0.3 is 6.09 Å². The zero-order chi connectivity index (χ0) is 17.1. The molecule has 1 amide bonds. The van der Waals surface area contributed by atoms with E-state index < -0.39 is 0 Å². The van der Waals surface area contributed by atoms with Crippen LogP contribution in [0.1, 0.15) is 36.8 Å². The Balaban J connectivity index is 1.49. The molecular weight excluding hydrogens is 314 g/mol. The van der Waals surface area contributed by atoms with Crippen LogP contribution in [0.5, 0.6) is 0 Å². The second-order valence-electron chi connectivity index (χ2n) is 6.62. The fourth-order valence-electron chi connectivity index (χ4n) is 3.79. The second kappa shape index (κ2) is 7.05. The van der Waals surface area contributed by atoms with Crippen molar-refractivity contribution in [3.63, 3.8) is 0 Å². The molecule has 1 aromatic carbocycles. The number of hydrogen-bond donors (Lipinski definition) is 0. The number of fused-ring (bicyclic) bond motifs is 2. The van der Waals surface area contributed by atoms with Crippen LogP contribution >= 0.6 is 0 Å². The average Bonchev–Trinajstić information content (AvgIpc) is 2.66. The Labute approximate surface area is 147 Å². The SMILES string of the molecule is O=C(OCc1ccccc1)N1C2C=C(c3cncnc3)CC1CCC2. The molecule has 4 rings (SSSR count). The van der Waals surface area contributed by atoms with Gasteiger partial charge in [0.05, 0.1) is 6.04 Å². The molecule has 0 N–H and O–H groups in total. The summed E-state index contributed by atoms with van der Waals surface area (Å²) in [6.45, 7) is 0.318. The summed E-state index contributed by atoms with van der Waals surface area (Å²) in [6.07, 6.45) is 11.2. The molecule has 2 atom stereocenters. The highest BCUT2D eigenvalue weighted by molar-refractivity contribution is 5.74. The highest BCUT2D eigenvalue weighted by Crippen LogP contribution is 2.37. The maximum Gasteiger partial charge on any atom is 0.410 e. The van der Waals surface area contributed by atoms with E-state index in [0.717, 1.165) is 36.8 Å². The minimum atomic E-state index is -0.210. The van der Waals surface area contributed by atoms with E-state index in [1.165, 1.54) is 5.57 Å². The van der Waals surface area contributed by atoms with Crippen LogP contribution in [0.15, 0.2) is 55.1 Å². The van der Waals surface area contributed by atoms with Crippen LogP contribution in [-0.2, 0) is 11.3 Å². The van der Waals surface area contributed by atoms with Gasteiger partial charge in [0.25, 0.3) is 0 Å². The lowest BCUT2D eigenvalue weighted by Gasteiger charge is -2.44. The fraction of sp³-hybridized carbons (Fsp3) is 0.350. The number of benzene rings is 1. The van der Waals surface area contributed by atoms with Gasteiger partial charge in [-0.15, -0.1) is 0 Å². The fourth-order valence-corrected chi connectivity index (χ4v) is 3.79. The smallest absolute Gasteiger partial charge is 0.410 e. The van der Waals surface area contributed by atoms with Crippen LogP contribution in [-0.4, -0.2) is 33.0 Å². The molecule has 0 spiro atoms. The maximum absolute atomic E-state index is 12.7. The first kappa shape index (κ1) is 15.8. The van der Waals surface area contributed by atoms with Crippen molar-refractivity contribution in [1.29, 1.82) is 0 Å². The molecule has 1 aromatic heterocycles. The molecule has 0 saturated carbocycles. The summed E-state index contributed by atoms with van der Waals surface area (Å²) in [6, 6.07) is 10.1. The number of piperidine rings is 1. The number of ether oxygens (including phenoxy) is 1. The minimum Gasteiger partial charge on any atom is -0.445 e. The molecule has 2 aliphatic rings. The molecule has 1 saturated heterocycles. The third-order valence-electron chi connectivity index (χ3n) is 4.98. The predicted octanol–water partition coefficient (Wildman–Crippen LogP) is 3.82. The Hall–Kier alpha value is -2.69. The number of aromatic nitrogens is 2. The van der Waals surface area contributed by atoms with Crippen molar-refractivity contribution in [3.8, 4) is 0 Å². The number of nitrogens with zero attached hydrogens (tertiary/aromatic N) is 3. The van der Waals surface area contributed by atoms with E-state index in [4.69, 9.17) is 4.74 Å². The van der Waals surface area contributed by atoms with Crippen LogP contribution in [0.3, 0.4) is 0 Å². The Kier molecular flexibility index (Phi) is 4.46. The summed E-state index contributed by atoms with van der Waals surface area (Å²) in [5.41, 5.74) is 3.30. The molecule has 128 valence electrons. The van der Waals surface area contributed by atoms with E-state index in [2.05, 4.69) is 16.0 Å². The van der Waals surface area contributed by atoms with Crippen molar-refractivity contribution in [3.05, 3.63) is 66.3 Å². The average molecular weight is 335 g/mol. The van der Waals surface area contributed by atoms with Gasteiger partial charge in [0.1, 0.15) is 12.9 Å². The number of carbonyl (C=O) groups is 1. The van der Waals surface area contributed by atoms with Gasteiger partial charge in [-0.1, -0.05) is 36.4 Å². The molecule has 2 aliphatic heterocycles. The van der Waals surface area contributed by atoms with Crippen molar-refractivity contribution in [2.45, 2.75) is 44.4 Å². The summed E-state index contributed by atoms with van der Waals surface area (Å²) in [7, 11) is 0. The largest absolute Gasteiger partial charge is 0.445 e. The van der Waals surface area contributed by atoms with Gasteiger partial charge in [0.15, 0.2) is 0 Å². The molecule has 5 heteroatoms. The standard InChI is InChI=1S/C20H21N3O2/c24-20(25-13-15-5-2-1-3-6-15)23-18-7-4-8-19(23)10-16(9-18)17-11-21-14-22-12-17/h1-3,5-6,9,11-12,14,18-19H,4,7-8,10,13H2. The topological polar surface area (TPSA) is 55.3 Å². The first-order valence-electron chi connectivity index (χ1n) is 8.76. The molecular formula is C20H21N3O2. The van der Waals surface area contributed by atoms with Crippen molar-refractivity contribution in [2.75, 3.05) is 0 Å². The first-order chi connectivity index (χ1) is 12.3. The summed E-state index contributed by atoms with van der Waals surface area (Å²) < 4.78 is 5.58. The van der Waals surface area contributed by atoms with E-state index in [9.17, 15) is 4.79 Å². The number of rotatable bonds is 3. The third-order valence-corrected chi connectivity index (χ3v) is 4.98. The number of hydrogen-bond acceptors (Lipinski definition) is 4. The molecule has 2 unspecified atom stereocenters. The Bertz CT molecular complexity index is 761. The highest BCUT2D eigenvalue weighted by atomic mass is 16.6. The van der Waals surface area contributed by atoms with E-state index >= 15 is 0 Å². The monoisotopic (exact) mass is 335 g/mol. The lowest BCUT2D eigenvalue weighted by molar-refractivity contribution is 0.0510. The molecule has 2 bridgehead atoms. The van der Waals surface area contributed by atoms with Gasteiger partial charge in [-0.25, -0.2) is 14.8 Å². The summed E-state index contributed by atoms with van der Waals surface area (Å²) in [5, 5.41) is 0. The van der Waals surface area contributed by atoms with Crippen LogP contribution in [0.2, 0.25) is 0 Å². The lowest BCUT2D eigenvalue weighted by atomic mass is 9.84. The molecule has 5 nitrogen and oxygen atoms in total. The third kappa shape index (κ3) is 3.40. The Morgan fingerprint density at radius 3 is 2.72 bits per heavy atom. The molecule has 3 heterocycles. The van der Waals surface area contributed by atoms with Gasteiger partial charge in [-0.3, -0.25) is 4.90 Å². The molecule has 25 heavy (non-hydrogen) atoms. The first-order valence-corrected chi connectivity index (χ1v) is 8.76. The van der Waals surface area contributed by atoms with Gasteiger partial charge < -0.3 is 4.74 Å². The van der Waals surface area contributed by atoms with Crippen molar-refractivity contribution >= 4 is 11.7 Å². The van der Waals surface area contributed by atoms with Gasteiger partial charge in [-0.2, -0.15) is 0 Å². The zero-order valence-corrected chi connectivity index (χ0v) is 14.0. The minimum absolute atomic E-state index is 0.103. The van der Waals surface area contributed by atoms with Crippen LogP contribution in [0.25, 0.3) is 5.57 Å². The summed E-state index contributed by atoms with van der Waals surface area (Å²) in [4.78, 5) is 22.8. The maximum atomic E-state index is 12.7. The van der Waals surface area contributed by atoms with E-state index in [0.29, 0.717) is 6.61 Å². The van der Waals surface area contributed by atoms with Crippen LogP contribution < -0.4 is 0 Å². The Morgan fingerprint density at radius 2 is 1.96 bits per heavy atom. The predicted molar refractivity (Wildman–Crippen MR) is 94.5 cm³/mol. The molecule has 0 aliphatic carbocycles. The van der Waals surface area contributed by atoms with Gasteiger partial charge in [-0.05, 0) is 36.8 Å². The van der Waals surface area contributed by atoms with Gasteiger partial charge in [0.2, 0.25) is 0 Å². The van der Waals surface area contributed by atoms with E-state index in [-0.39, 0.29) is 18.2 Å². The number of amides is 1. The zero-order valence-electron chi connectivity index (χ0n) is 14.0. The molecule has 2 aromatic rings. The summed E-state index contributed by atoms with van der Waals surface area (Å²) in [5.74, 6) is 0. The normalized spacial score (nSPS) is 22.2. The van der Waals surface area contributed by atoms with Crippen molar-refractivity contribution in [1.82, 2.24) is 14.9 Å². The van der Waals surface area contributed by atoms with Crippen LogP contribution in [0, 0.1) is 0 Å². The van der Waals surface area contributed by atoms with Crippen LogP contribution in [0.4, 0.5) is 4.79 Å². The molecule has 1 fully saturated rings. The van der Waals surface area contributed by atoms with E-state index in [1.807, 2.05) is 47.6 Å². The van der Waals surface area contributed by atoms with Crippen molar-refractivity contribution in [2.24, 2.45) is 0 Å². The second-order valence-corrected chi connectivity index (χ2v) is 6.62. The van der Waals surface area contributed by atoms with E-state index in [1.54, 1.807) is 6.33 Å². The van der Waals surface area contributed by atoms with Gasteiger partial charge in [0, 0.05) is 24.0 Å². The number of carbonyl (C=O) groups excluding carboxylic acids is 1. The van der Waals surface area contributed by atoms with Crippen molar-refractivity contribution < 1.29 is 9.53 Å². The molecule has 0 radical (unpaired) electrons. The Morgan fingerprint density at radius 1 is 1.16 bits per heavy atom.